The number of nitrogens with zero attached hydrogens (tertiary/aromatic N) is 2. The monoisotopic (exact) mass is 308 g/mol. The van der Waals surface area contributed by atoms with Gasteiger partial charge in [-0.15, -0.1) is 0 Å². The maximum atomic E-state index is 12.6. The molecule has 1 aromatic carbocycles. The molecule has 0 bridgehead atoms. The van der Waals surface area contributed by atoms with Crippen molar-refractivity contribution in [1.82, 2.24) is 4.31 Å². The van der Waals surface area contributed by atoms with Crippen molar-refractivity contribution in [2.24, 2.45) is 5.41 Å². The van der Waals surface area contributed by atoms with Crippen LogP contribution in [0, 0.1) is 16.7 Å². The van der Waals surface area contributed by atoms with E-state index in [2.05, 4.69) is 0 Å². The molecule has 0 saturated carbocycles. The summed E-state index contributed by atoms with van der Waals surface area (Å²) in [6.07, 6.45) is 0.951. The highest BCUT2D eigenvalue weighted by molar-refractivity contribution is 7.89. The Balaban J connectivity index is 2.35. The predicted octanol–water partition coefficient (Wildman–Crippen LogP) is 1.43. The van der Waals surface area contributed by atoms with Gasteiger partial charge in [0, 0.05) is 13.1 Å². The molecule has 1 saturated heterocycles. The van der Waals surface area contributed by atoms with E-state index in [4.69, 9.17) is 5.26 Å². The first-order valence-corrected chi connectivity index (χ1v) is 7.97. The molecule has 1 aromatic rings. The average Bonchev–Trinajstić information content (AvgIpc) is 2.47. The molecule has 1 aliphatic heterocycles. The second-order valence-electron chi connectivity index (χ2n) is 5.45. The zero-order valence-electron chi connectivity index (χ0n) is 11.6. The number of rotatable bonds is 3. The van der Waals surface area contributed by atoms with Gasteiger partial charge in [-0.3, -0.25) is 4.79 Å². The first-order chi connectivity index (χ1) is 9.79. The van der Waals surface area contributed by atoms with E-state index >= 15 is 0 Å². The molecule has 0 radical (unpaired) electrons. The van der Waals surface area contributed by atoms with Crippen LogP contribution in [0.15, 0.2) is 29.2 Å². The lowest BCUT2D eigenvalue weighted by atomic mass is 9.83. The number of nitriles is 1. The van der Waals surface area contributed by atoms with Crippen LogP contribution in [0.5, 0.6) is 0 Å². The summed E-state index contributed by atoms with van der Waals surface area (Å²) in [6, 6.07) is 7.66. The van der Waals surface area contributed by atoms with Gasteiger partial charge in [0.05, 0.1) is 21.9 Å². The summed E-state index contributed by atoms with van der Waals surface area (Å²) in [5, 5.41) is 18.1. The van der Waals surface area contributed by atoms with Crippen molar-refractivity contribution in [3.63, 3.8) is 0 Å². The van der Waals surface area contributed by atoms with E-state index < -0.39 is 21.4 Å². The number of carboxylic acids is 1. The second kappa shape index (κ2) is 5.47. The van der Waals surface area contributed by atoms with E-state index in [1.165, 1.54) is 28.6 Å². The van der Waals surface area contributed by atoms with Crippen LogP contribution in [0.25, 0.3) is 0 Å². The van der Waals surface area contributed by atoms with Gasteiger partial charge in [0.25, 0.3) is 0 Å². The zero-order chi connectivity index (χ0) is 15.7. The van der Waals surface area contributed by atoms with Crippen LogP contribution >= 0.6 is 0 Å². The third-order valence-corrected chi connectivity index (χ3v) is 5.62. The van der Waals surface area contributed by atoms with Crippen molar-refractivity contribution in [3.05, 3.63) is 29.8 Å². The van der Waals surface area contributed by atoms with E-state index in [0.29, 0.717) is 19.4 Å². The molecule has 0 aromatic heterocycles. The zero-order valence-corrected chi connectivity index (χ0v) is 12.4. The molecule has 1 heterocycles. The standard InChI is InChI=1S/C14H16N2O4S/c1-14(13(17)18)6-3-7-16(10-14)21(19,20)12-5-2-4-11(8-12)9-15/h2,4-5,8H,3,6-7,10H2,1H3,(H,17,18). The lowest BCUT2D eigenvalue weighted by molar-refractivity contribution is -0.150. The minimum atomic E-state index is -3.78. The van der Waals surface area contributed by atoms with E-state index in [-0.39, 0.29) is 17.0 Å². The van der Waals surface area contributed by atoms with E-state index in [1.54, 1.807) is 6.92 Å². The van der Waals surface area contributed by atoms with Gasteiger partial charge >= 0.3 is 5.97 Å². The highest BCUT2D eigenvalue weighted by atomic mass is 32.2. The van der Waals surface area contributed by atoms with E-state index in [0.717, 1.165) is 0 Å². The summed E-state index contributed by atoms with van der Waals surface area (Å²) < 4.78 is 26.4. The number of aliphatic carboxylic acids is 1. The summed E-state index contributed by atoms with van der Waals surface area (Å²) in [7, 11) is -3.78. The molecular formula is C14H16N2O4S. The molecule has 1 fully saturated rings. The molecule has 0 amide bonds. The number of hydrogen-bond acceptors (Lipinski definition) is 4. The quantitative estimate of drug-likeness (QED) is 0.911. The third-order valence-electron chi connectivity index (χ3n) is 3.78. The van der Waals surface area contributed by atoms with Crippen molar-refractivity contribution in [3.8, 4) is 6.07 Å². The molecule has 112 valence electrons. The number of piperidine rings is 1. The Kier molecular flexibility index (Phi) is 4.03. The SMILES string of the molecule is CC1(C(=O)O)CCCN(S(=O)(=O)c2cccc(C#N)c2)C1. The molecule has 2 rings (SSSR count). The molecule has 0 spiro atoms. The lowest BCUT2D eigenvalue weighted by Crippen LogP contribution is -2.48. The Hall–Kier alpha value is -1.91. The smallest absolute Gasteiger partial charge is 0.310 e. The highest BCUT2D eigenvalue weighted by Crippen LogP contribution is 2.32. The van der Waals surface area contributed by atoms with E-state index in [1.807, 2.05) is 6.07 Å². The molecule has 1 N–H and O–H groups in total. The number of hydrogen-bond donors (Lipinski definition) is 1. The minimum Gasteiger partial charge on any atom is -0.481 e. The molecule has 0 aliphatic carbocycles. The van der Waals surface area contributed by atoms with Crippen molar-refractivity contribution in [2.45, 2.75) is 24.7 Å². The fourth-order valence-corrected chi connectivity index (χ4v) is 4.10. The van der Waals surface area contributed by atoms with Crippen LogP contribution in [0.2, 0.25) is 0 Å². The van der Waals surface area contributed by atoms with E-state index in [9.17, 15) is 18.3 Å². The number of benzene rings is 1. The summed E-state index contributed by atoms with van der Waals surface area (Å²) in [5.41, 5.74) is -0.813. The van der Waals surface area contributed by atoms with Gasteiger partial charge < -0.3 is 5.11 Å². The van der Waals surface area contributed by atoms with Gasteiger partial charge in [-0.05, 0) is 38.0 Å². The summed E-state index contributed by atoms with van der Waals surface area (Å²) in [4.78, 5) is 11.3. The van der Waals surface area contributed by atoms with Gasteiger partial charge in [-0.25, -0.2) is 8.42 Å². The third kappa shape index (κ3) is 2.91. The maximum Gasteiger partial charge on any atom is 0.310 e. The molecule has 7 heteroatoms. The highest BCUT2D eigenvalue weighted by Gasteiger charge is 2.42. The average molecular weight is 308 g/mol. The van der Waals surface area contributed by atoms with Gasteiger partial charge in [0.1, 0.15) is 0 Å². The van der Waals surface area contributed by atoms with Crippen LogP contribution in [0.3, 0.4) is 0 Å². The summed E-state index contributed by atoms with van der Waals surface area (Å²) in [5.74, 6) is -0.992. The Morgan fingerprint density at radius 3 is 2.81 bits per heavy atom. The largest absolute Gasteiger partial charge is 0.481 e. The Morgan fingerprint density at radius 1 is 1.48 bits per heavy atom. The minimum absolute atomic E-state index is 0.0242. The Labute approximate surface area is 123 Å². The summed E-state index contributed by atoms with van der Waals surface area (Å²) in [6.45, 7) is 1.80. The fraction of sp³-hybridized carbons (Fsp3) is 0.429. The number of sulfonamides is 1. The second-order valence-corrected chi connectivity index (χ2v) is 7.39. The molecule has 1 aliphatic rings. The first kappa shape index (κ1) is 15.5. The van der Waals surface area contributed by atoms with Gasteiger partial charge in [0.15, 0.2) is 0 Å². The van der Waals surface area contributed by atoms with Crippen LogP contribution in [0.4, 0.5) is 0 Å². The van der Waals surface area contributed by atoms with Gasteiger partial charge in [-0.1, -0.05) is 6.07 Å². The first-order valence-electron chi connectivity index (χ1n) is 6.53. The van der Waals surface area contributed by atoms with Crippen LogP contribution < -0.4 is 0 Å². The van der Waals surface area contributed by atoms with Crippen LogP contribution in [-0.4, -0.2) is 36.9 Å². The lowest BCUT2D eigenvalue weighted by Gasteiger charge is -2.36. The fourth-order valence-electron chi connectivity index (χ4n) is 2.45. The Bertz CT molecular complexity index is 708. The normalized spacial score (nSPS) is 23.4. The molecule has 6 nitrogen and oxygen atoms in total. The van der Waals surface area contributed by atoms with Gasteiger partial charge in [0.2, 0.25) is 10.0 Å². The molecule has 1 atom stereocenters. The summed E-state index contributed by atoms with van der Waals surface area (Å²) >= 11 is 0. The number of carboxylic acid groups (broad SMARTS) is 1. The maximum absolute atomic E-state index is 12.6. The van der Waals surface area contributed by atoms with Crippen LogP contribution in [0.1, 0.15) is 25.3 Å². The topological polar surface area (TPSA) is 98.5 Å². The number of carbonyl (C=O) groups is 1. The van der Waals surface area contributed by atoms with Crippen molar-refractivity contribution in [2.75, 3.05) is 13.1 Å². The van der Waals surface area contributed by atoms with Crippen molar-refractivity contribution >= 4 is 16.0 Å². The van der Waals surface area contributed by atoms with Crippen LogP contribution in [-0.2, 0) is 14.8 Å². The molecule has 21 heavy (non-hydrogen) atoms. The molecule has 1 unspecified atom stereocenters. The van der Waals surface area contributed by atoms with Crippen molar-refractivity contribution < 1.29 is 18.3 Å². The van der Waals surface area contributed by atoms with Gasteiger partial charge in [-0.2, -0.15) is 9.57 Å². The predicted molar refractivity (Wildman–Crippen MR) is 74.9 cm³/mol. The molecular weight excluding hydrogens is 292 g/mol. The Morgan fingerprint density at radius 2 is 2.19 bits per heavy atom. The van der Waals surface area contributed by atoms with Crippen molar-refractivity contribution in [1.29, 1.82) is 5.26 Å².